The summed E-state index contributed by atoms with van der Waals surface area (Å²) in [6.07, 6.45) is 1.75. The molecule has 1 saturated heterocycles. The Morgan fingerprint density at radius 2 is 1.88 bits per heavy atom. The molecule has 4 heterocycles. The molecule has 0 unspecified atom stereocenters. The van der Waals surface area contributed by atoms with Gasteiger partial charge in [-0.05, 0) is 55.4 Å². The van der Waals surface area contributed by atoms with Gasteiger partial charge in [0.05, 0.1) is 45.5 Å². The summed E-state index contributed by atoms with van der Waals surface area (Å²) in [5.41, 5.74) is 0.950. The van der Waals surface area contributed by atoms with Crippen LogP contribution >= 0.6 is 0 Å². The number of nitro benzene ring substituents is 1. The van der Waals surface area contributed by atoms with Gasteiger partial charge in [-0.3, -0.25) is 29.5 Å². The highest BCUT2D eigenvalue weighted by Crippen LogP contribution is 2.60. The number of hydrogen-bond donors (Lipinski definition) is 2. The lowest BCUT2D eigenvalue weighted by Crippen LogP contribution is -2.45. The van der Waals surface area contributed by atoms with Crippen molar-refractivity contribution in [1.82, 2.24) is 24.8 Å². The molecule has 2 aliphatic rings. The fraction of sp³-hybridized carbons (Fsp3) is 0.353. The largest absolute Gasteiger partial charge is 0.396 e. The maximum atomic E-state index is 16.2. The van der Waals surface area contributed by atoms with E-state index in [1.54, 1.807) is 59.2 Å². The molecule has 254 valence electrons. The summed E-state index contributed by atoms with van der Waals surface area (Å²) in [6, 6.07) is 18.8. The number of nitrogens with zero attached hydrogens (tertiary/aromatic N) is 6. The monoisotopic (exact) mass is 685 g/mol. The molecule has 4 atom stereocenters. The molecule has 2 aliphatic heterocycles. The Kier molecular flexibility index (Phi) is 8.08. The minimum atomic E-state index is -3.47. The molecule has 3 aromatic carbocycles. The van der Waals surface area contributed by atoms with Crippen molar-refractivity contribution in [3.05, 3.63) is 110 Å². The molecule has 2 aromatic heterocycles. The van der Waals surface area contributed by atoms with Gasteiger partial charge in [-0.1, -0.05) is 36.4 Å². The van der Waals surface area contributed by atoms with E-state index in [4.69, 9.17) is 4.74 Å². The standard InChI is InChI=1S/C34H36FN7O6Si/c1-21-31(49(2,3)35)30(14-16-39-20-23(15-17-43)36-38-39)48-34(21)27-18-25(42(46)47)12-13-29(27)40(33(34)45)19-22-8-10-24(11-9-22)41-32(44)26-6-4-5-7-28(26)37-41/h4-13,18,20-21,30-31,37,43H,14-17,19H2,1-3H3/t21-,30+,31-,34+/m1/s1. The van der Waals surface area contributed by atoms with E-state index in [9.17, 15) is 24.8 Å². The first-order valence-corrected chi connectivity index (χ1v) is 19.1. The molecule has 2 N–H and O–H groups in total. The van der Waals surface area contributed by atoms with E-state index < -0.39 is 42.4 Å². The molecule has 1 spiro atoms. The van der Waals surface area contributed by atoms with Gasteiger partial charge < -0.3 is 18.9 Å². The first-order chi connectivity index (χ1) is 23.4. The number of nitro groups is 1. The van der Waals surface area contributed by atoms with Gasteiger partial charge in [0.15, 0.2) is 5.60 Å². The number of anilines is 1. The van der Waals surface area contributed by atoms with Crippen molar-refractivity contribution in [2.75, 3.05) is 11.5 Å². The number of nitrogens with one attached hydrogen (secondary N) is 1. The van der Waals surface area contributed by atoms with Crippen LogP contribution in [-0.4, -0.2) is 61.8 Å². The quantitative estimate of drug-likeness (QED) is 0.0921. The first-order valence-electron chi connectivity index (χ1n) is 16.2. The Hall–Kier alpha value is -4.99. The molecular weight excluding hydrogens is 650 g/mol. The number of benzene rings is 3. The zero-order chi connectivity index (χ0) is 34.7. The maximum Gasteiger partial charge on any atom is 0.279 e. The fourth-order valence-corrected chi connectivity index (χ4v) is 10.2. The van der Waals surface area contributed by atoms with E-state index in [-0.39, 0.29) is 24.4 Å². The number of aromatic amines is 1. The third-order valence-corrected chi connectivity index (χ3v) is 12.3. The minimum absolute atomic E-state index is 0.0629. The van der Waals surface area contributed by atoms with E-state index in [1.165, 1.54) is 16.8 Å². The minimum Gasteiger partial charge on any atom is -0.396 e. The average molecular weight is 686 g/mol. The Balaban J connectivity index is 1.22. The van der Waals surface area contributed by atoms with Crippen molar-refractivity contribution in [2.24, 2.45) is 5.92 Å². The summed E-state index contributed by atoms with van der Waals surface area (Å²) in [7, 11) is -3.47. The summed E-state index contributed by atoms with van der Waals surface area (Å²) in [6.45, 7) is 5.42. The third-order valence-electron chi connectivity index (χ3n) is 9.88. The Bertz CT molecular complexity index is 2120. The number of H-pyrrole nitrogens is 1. The number of para-hydroxylation sites is 1. The number of non-ortho nitro benzene ring substituents is 1. The maximum absolute atomic E-state index is 16.2. The van der Waals surface area contributed by atoms with Crippen LogP contribution in [0.3, 0.4) is 0 Å². The van der Waals surface area contributed by atoms with Gasteiger partial charge in [0.25, 0.3) is 17.2 Å². The molecule has 13 nitrogen and oxygen atoms in total. The number of carbonyl (C=O) groups is 1. The number of amides is 1. The average Bonchev–Trinajstić information content (AvgIpc) is 3.80. The molecule has 0 aliphatic carbocycles. The van der Waals surface area contributed by atoms with Crippen LogP contribution in [0.2, 0.25) is 18.6 Å². The lowest BCUT2D eigenvalue weighted by molar-refractivity contribution is -0.385. The van der Waals surface area contributed by atoms with Crippen LogP contribution in [0.25, 0.3) is 16.6 Å². The van der Waals surface area contributed by atoms with Crippen LogP contribution in [0.4, 0.5) is 15.5 Å². The van der Waals surface area contributed by atoms with E-state index in [1.807, 2.05) is 31.2 Å². The molecule has 1 fully saturated rings. The number of aliphatic hydroxyl groups excluding tert-OH is 1. The van der Waals surface area contributed by atoms with Crippen LogP contribution in [-0.2, 0) is 34.6 Å². The van der Waals surface area contributed by atoms with Crippen LogP contribution in [0, 0.1) is 16.0 Å². The van der Waals surface area contributed by atoms with Crippen LogP contribution in [0.5, 0.6) is 0 Å². The Morgan fingerprint density at radius 3 is 2.57 bits per heavy atom. The second kappa shape index (κ2) is 12.2. The molecule has 0 saturated carbocycles. The second-order valence-corrected chi connectivity index (χ2v) is 17.1. The van der Waals surface area contributed by atoms with Crippen LogP contribution < -0.4 is 10.5 Å². The highest BCUT2D eigenvalue weighted by molar-refractivity contribution is 6.72. The van der Waals surface area contributed by atoms with Gasteiger partial charge in [0.1, 0.15) is 0 Å². The normalized spacial score (nSPS) is 22.0. The first kappa shape index (κ1) is 32.5. The van der Waals surface area contributed by atoms with Crippen molar-refractivity contribution >= 4 is 36.6 Å². The number of rotatable bonds is 10. The molecular formula is C34H36FN7O6Si. The predicted molar refractivity (Wildman–Crippen MR) is 182 cm³/mol. The molecule has 7 rings (SSSR count). The topological polar surface area (TPSA) is 161 Å². The Morgan fingerprint density at radius 1 is 1.12 bits per heavy atom. The third kappa shape index (κ3) is 5.47. The SMILES string of the molecule is C[C@@H]1[C@@H]([Si](C)(C)F)[C@H](CCn2cc(CCO)nn2)O[C@@]12C(=O)N(Cc1ccc(-n3[nH]c4ccccc4c3=O)cc1)c1ccc([N+](=O)[O-])cc12. The smallest absolute Gasteiger partial charge is 0.279 e. The van der Waals surface area contributed by atoms with Gasteiger partial charge in [0.2, 0.25) is 8.41 Å². The van der Waals surface area contributed by atoms with Gasteiger partial charge in [-0.2, -0.15) is 0 Å². The number of aliphatic hydroxyl groups is 1. The predicted octanol–water partition coefficient (Wildman–Crippen LogP) is 4.77. The lowest BCUT2D eigenvalue weighted by atomic mass is 9.82. The zero-order valence-electron chi connectivity index (χ0n) is 27.2. The number of aryl methyl sites for hydroxylation is 1. The molecule has 0 bridgehead atoms. The van der Waals surface area contributed by atoms with Crippen molar-refractivity contribution < 1.29 is 23.7 Å². The van der Waals surface area contributed by atoms with Gasteiger partial charge in [0, 0.05) is 54.9 Å². The van der Waals surface area contributed by atoms with E-state index in [2.05, 4.69) is 15.4 Å². The summed E-state index contributed by atoms with van der Waals surface area (Å²) in [4.78, 5) is 40.7. The van der Waals surface area contributed by atoms with Crippen LogP contribution in [0.15, 0.2) is 77.7 Å². The van der Waals surface area contributed by atoms with Gasteiger partial charge in [-0.25, -0.2) is 4.68 Å². The molecule has 0 radical (unpaired) electrons. The molecule has 15 heteroatoms. The Labute approximate surface area is 281 Å². The second-order valence-electron chi connectivity index (χ2n) is 13.3. The number of aromatic nitrogens is 5. The number of fused-ring (bicyclic) bond motifs is 3. The summed E-state index contributed by atoms with van der Waals surface area (Å²) in [5.74, 6) is -1.03. The molecule has 1 amide bonds. The summed E-state index contributed by atoms with van der Waals surface area (Å²) >= 11 is 0. The molecule has 5 aromatic rings. The van der Waals surface area contributed by atoms with E-state index in [0.29, 0.717) is 52.9 Å². The highest BCUT2D eigenvalue weighted by atomic mass is 28.4. The number of halogens is 1. The van der Waals surface area contributed by atoms with Crippen molar-refractivity contribution in [3.8, 4) is 5.69 Å². The number of hydrogen-bond acceptors (Lipinski definition) is 8. The van der Waals surface area contributed by atoms with Gasteiger partial charge in [-0.15, -0.1) is 5.10 Å². The lowest BCUT2D eigenvalue weighted by Gasteiger charge is -2.31. The van der Waals surface area contributed by atoms with Gasteiger partial charge >= 0.3 is 0 Å². The number of carbonyl (C=O) groups excluding carboxylic acids is 1. The zero-order valence-corrected chi connectivity index (χ0v) is 28.2. The van der Waals surface area contributed by atoms with Crippen molar-refractivity contribution in [2.45, 2.75) is 63.2 Å². The van der Waals surface area contributed by atoms with E-state index >= 15 is 4.11 Å². The highest BCUT2D eigenvalue weighted by Gasteiger charge is 2.66. The van der Waals surface area contributed by atoms with Crippen molar-refractivity contribution in [1.29, 1.82) is 0 Å². The van der Waals surface area contributed by atoms with E-state index in [0.717, 1.165) is 5.56 Å². The van der Waals surface area contributed by atoms with Crippen LogP contribution in [0.1, 0.15) is 30.2 Å². The van der Waals surface area contributed by atoms with Crippen molar-refractivity contribution in [3.63, 3.8) is 0 Å². The summed E-state index contributed by atoms with van der Waals surface area (Å²) in [5, 5.41) is 33.0. The molecule has 49 heavy (non-hydrogen) atoms. The summed E-state index contributed by atoms with van der Waals surface area (Å²) < 4.78 is 26.0. The number of ether oxygens (including phenoxy) is 1. The fourth-order valence-electron chi connectivity index (χ4n) is 7.69.